The first-order valence-electron chi connectivity index (χ1n) is 11.0. The van der Waals surface area contributed by atoms with E-state index in [1.807, 2.05) is 42.6 Å². The normalized spacial score (nSPS) is 14.4. The molecule has 2 N–H and O–H groups in total. The van der Waals surface area contributed by atoms with Gasteiger partial charge in [-0.1, -0.05) is 49.1 Å². The van der Waals surface area contributed by atoms with Gasteiger partial charge in [0, 0.05) is 34.3 Å². The molecule has 0 amide bonds. The molecule has 4 aromatic rings. The van der Waals surface area contributed by atoms with Crippen LogP contribution in [0.25, 0.3) is 22.0 Å². The largest absolute Gasteiger partial charge is 0.351 e. The van der Waals surface area contributed by atoms with Gasteiger partial charge in [-0.25, -0.2) is 19.3 Å². The number of hydrogen-bond donors (Lipinski definition) is 2. The highest BCUT2D eigenvalue weighted by molar-refractivity contribution is 8.00. The van der Waals surface area contributed by atoms with Gasteiger partial charge in [-0.05, 0) is 60.7 Å². The fourth-order valence-corrected chi connectivity index (χ4v) is 4.93. The molecule has 1 aliphatic rings. The zero-order valence-corrected chi connectivity index (χ0v) is 19.5. The number of pyridine rings is 1. The molecule has 168 valence electrons. The Morgan fingerprint density at radius 3 is 2.61 bits per heavy atom. The van der Waals surface area contributed by atoms with Gasteiger partial charge in [0.1, 0.15) is 0 Å². The zero-order valence-electron chi connectivity index (χ0n) is 17.9. The molecule has 0 spiro atoms. The molecule has 1 aliphatic carbocycles. The number of aromatic nitrogens is 3. The van der Waals surface area contributed by atoms with Crippen molar-refractivity contribution < 1.29 is 4.39 Å². The summed E-state index contributed by atoms with van der Waals surface area (Å²) in [5.41, 5.74) is 2.40. The Balaban J connectivity index is 1.31. The highest BCUT2D eigenvalue weighted by atomic mass is 35.5. The maximum absolute atomic E-state index is 14.7. The Hall–Kier alpha value is -2.90. The Kier molecular flexibility index (Phi) is 6.60. The van der Waals surface area contributed by atoms with Crippen LogP contribution >= 0.6 is 23.5 Å². The van der Waals surface area contributed by atoms with Crippen LogP contribution in [-0.2, 0) is 0 Å². The van der Waals surface area contributed by atoms with Gasteiger partial charge >= 0.3 is 0 Å². The molecule has 1 fully saturated rings. The van der Waals surface area contributed by atoms with Gasteiger partial charge in [0.15, 0.2) is 11.6 Å². The molecule has 0 radical (unpaired) electrons. The summed E-state index contributed by atoms with van der Waals surface area (Å²) >= 11 is 7.38. The Morgan fingerprint density at radius 1 is 0.939 bits per heavy atom. The smallest absolute Gasteiger partial charge is 0.223 e. The molecule has 2 heterocycles. The molecule has 5 nitrogen and oxygen atoms in total. The molecule has 8 heteroatoms. The molecule has 0 saturated heterocycles. The van der Waals surface area contributed by atoms with Gasteiger partial charge in [-0.15, -0.1) is 0 Å². The highest BCUT2D eigenvalue weighted by Crippen LogP contribution is 2.30. The second kappa shape index (κ2) is 9.93. The lowest BCUT2D eigenvalue weighted by atomic mass is 9.96. The number of rotatable bonds is 6. The Labute approximate surface area is 201 Å². The number of anilines is 2. The third-order valence-electron chi connectivity index (χ3n) is 5.79. The standard InChI is InChI=1S/C25H23ClFN5S/c26-20-8-4-5-9-23(20)33-32-24-21(27)13-17(14-28-24)16-10-11-22-18(12-16)15-29-25(31-22)30-19-6-2-1-3-7-19/h4-5,8-15,19H,1-3,6-7H2,(H,28,32)(H,29,30,31). The average molecular weight is 480 g/mol. The number of hydrogen-bond acceptors (Lipinski definition) is 6. The van der Waals surface area contributed by atoms with E-state index in [1.165, 1.54) is 50.1 Å². The van der Waals surface area contributed by atoms with E-state index in [1.54, 1.807) is 12.3 Å². The van der Waals surface area contributed by atoms with Gasteiger partial charge < -0.3 is 10.0 Å². The lowest BCUT2D eigenvalue weighted by Crippen LogP contribution is -2.23. The molecular weight excluding hydrogens is 457 g/mol. The van der Waals surface area contributed by atoms with Crippen LogP contribution in [0.5, 0.6) is 0 Å². The van der Waals surface area contributed by atoms with Crippen LogP contribution in [0.15, 0.2) is 65.8 Å². The quantitative estimate of drug-likeness (QED) is 0.282. The van der Waals surface area contributed by atoms with E-state index in [-0.39, 0.29) is 5.82 Å². The van der Waals surface area contributed by atoms with Crippen LogP contribution in [-0.4, -0.2) is 21.0 Å². The summed E-state index contributed by atoms with van der Waals surface area (Å²) in [6, 6.07) is 15.1. The Morgan fingerprint density at radius 2 is 1.79 bits per heavy atom. The van der Waals surface area contributed by atoms with Crippen molar-refractivity contribution in [2.75, 3.05) is 10.0 Å². The first-order valence-corrected chi connectivity index (χ1v) is 12.2. The highest BCUT2D eigenvalue weighted by Gasteiger charge is 2.14. The maximum Gasteiger partial charge on any atom is 0.223 e. The van der Waals surface area contributed by atoms with Gasteiger partial charge in [0.05, 0.1) is 10.5 Å². The van der Waals surface area contributed by atoms with Crippen molar-refractivity contribution in [1.29, 1.82) is 0 Å². The van der Waals surface area contributed by atoms with Crippen LogP contribution in [0.2, 0.25) is 5.02 Å². The molecule has 2 aromatic heterocycles. The Bertz CT molecular complexity index is 1280. The molecule has 33 heavy (non-hydrogen) atoms. The molecule has 0 aliphatic heterocycles. The van der Waals surface area contributed by atoms with Crippen molar-refractivity contribution in [3.8, 4) is 11.1 Å². The van der Waals surface area contributed by atoms with E-state index in [2.05, 4.69) is 25.0 Å². The van der Waals surface area contributed by atoms with E-state index in [9.17, 15) is 4.39 Å². The van der Waals surface area contributed by atoms with Crippen LogP contribution in [0.4, 0.5) is 16.2 Å². The lowest BCUT2D eigenvalue weighted by Gasteiger charge is -2.22. The average Bonchev–Trinajstić information content (AvgIpc) is 2.84. The van der Waals surface area contributed by atoms with Gasteiger partial charge in [0.2, 0.25) is 5.95 Å². The second-order valence-electron chi connectivity index (χ2n) is 8.14. The molecular formula is C25H23ClFN5S. The monoisotopic (exact) mass is 479 g/mol. The first kappa shape index (κ1) is 21.9. The van der Waals surface area contributed by atoms with E-state index >= 15 is 0 Å². The van der Waals surface area contributed by atoms with Crippen molar-refractivity contribution in [2.45, 2.75) is 43.0 Å². The van der Waals surface area contributed by atoms with Crippen LogP contribution in [0, 0.1) is 5.82 Å². The predicted molar refractivity (Wildman–Crippen MR) is 134 cm³/mol. The number of halogens is 2. The number of benzene rings is 2. The van der Waals surface area contributed by atoms with E-state index < -0.39 is 5.82 Å². The van der Waals surface area contributed by atoms with E-state index in [0.717, 1.165) is 21.4 Å². The predicted octanol–water partition coefficient (Wildman–Crippen LogP) is 7.35. The van der Waals surface area contributed by atoms with E-state index in [4.69, 9.17) is 11.6 Å². The second-order valence-corrected chi connectivity index (χ2v) is 9.39. The van der Waals surface area contributed by atoms with Gasteiger partial charge in [-0.3, -0.25) is 0 Å². The number of fused-ring (bicyclic) bond motifs is 1. The third-order valence-corrected chi connectivity index (χ3v) is 7.10. The maximum atomic E-state index is 14.7. The summed E-state index contributed by atoms with van der Waals surface area (Å²) in [7, 11) is 0. The van der Waals surface area contributed by atoms with Crippen LogP contribution in [0.3, 0.4) is 0 Å². The van der Waals surface area contributed by atoms with E-state index in [0.29, 0.717) is 22.6 Å². The van der Waals surface area contributed by atoms with Crippen molar-refractivity contribution in [3.63, 3.8) is 0 Å². The van der Waals surface area contributed by atoms with Crippen LogP contribution < -0.4 is 10.0 Å². The van der Waals surface area contributed by atoms with Crippen LogP contribution in [0.1, 0.15) is 32.1 Å². The first-order chi connectivity index (χ1) is 16.2. The minimum absolute atomic E-state index is 0.159. The lowest BCUT2D eigenvalue weighted by molar-refractivity contribution is 0.461. The van der Waals surface area contributed by atoms with Crippen molar-refractivity contribution in [3.05, 3.63) is 71.8 Å². The number of nitrogens with one attached hydrogen (secondary N) is 2. The van der Waals surface area contributed by atoms with Gasteiger partial charge in [-0.2, -0.15) is 0 Å². The van der Waals surface area contributed by atoms with Crippen molar-refractivity contribution in [1.82, 2.24) is 15.0 Å². The number of nitrogens with zero attached hydrogens (tertiary/aromatic N) is 3. The van der Waals surface area contributed by atoms with Gasteiger partial charge in [0.25, 0.3) is 0 Å². The summed E-state index contributed by atoms with van der Waals surface area (Å²) in [5.74, 6) is 0.392. The molecule has 0 atom stereocenters. The fraction of sp³-hybridized carbons (Fsp3) is 0.240. The van der Waals surface area contributed by atoms with Crippen molar-refractivity contribution >= 4 is 46.2 Å². The summed E-state index contributed by atoms with van der Waals surface area (Å²) in [6.07, 6.45) is 9.63. The molecule has 5 rings (SSSR count). The summed E-state index contributed by atoms with van der Waals surface area (Å²) in [5, 5.41) is 4.96. The zero-order chi connectivity index (χ0) is 22.6. The topological polar surface area (TPSA) is 62.7 Å². The summed E-state index contributed by atoms with van der Waals surface area (Å²) < 4.78 is 17.7. The summed E-state index contributed by atoms with van der Waals surface area (Å²) in [6.45, 7) is 0. The third kappa shape index (κ3) is 5.20. The minimum atomic E-state index is -0.435. The van der Waals surface area contributed by atoms with Crippen molar-refractivity contribution in [2.24, 2.45) is 0 Å². The SMILES string of the molecule is Fc1cc(-c2ccc3nc(NC4CCCCC4)ncc3c2)cnc1NSc1ccccc1Cl. The molecule has 2 aromatic carbocycles. The molecule has 1 saturated carbocycles. The fourth-order valence-electron chi connectivity index (χ4n) is 4.01. The molecule has 0 unspecified atom stereocenters. The molecule has 0 bridgehead atoms. The summed E-state index contributed by atoms with van der Waals surface area (Å²) in [4.78, 5) is 14.2. The minimum Gasteiger partial charge on any atom is -0.351 e.